The van der Waals surface area contributed by atoms with Crippen molar-refractivity contribution in [3.8, 4) is 0 Å². The number of hydrogen-bond donors (Lipinski definition) is 1. The zero-order valence-electron chi connectivity index (χ0n) is 8.69. The predicted octanol–water partition coefficient (Wildman–Crippen LogP) is 2.03. The van der Waals surface area contributed by atoms with Crippen LogP contribution in [0.3, 0.4) is 0 Å². The molecule has 0 amide bonds. The van der Waals surface area contributed by atoms with Crippen LogP contribution in [0, 0.1) is 11.7 Å². The average Bonchev–Trinajstić information content (AvgIpc) is 2.30. The lowest BCUT2D eigenvalue weighted by molar-refractivity contribution is 0.208. The second-order valence-electron chi connectivity index (χ2n) is 4.11. The summed E-state index contributed by atoms with van der Waals surface area (Å²) in [6.07, 6.45) is 2.19. The van der Waals surface area contributed by atoms with Crippen molar-refractivity contribution in [2.24, 2.45) is 5.92 Å². The molecule has 0 spiro atoms. The lowest BCUT2D eigenvalue weighted by Crippen LogP contribution is -2.36. The van der Waals surface area contributed by atoms with Crippen LogP contribution in [-0.2, 0) is 0 Å². The highest BCUT2D eigenvalue weighted by Crippen LogP contribution is 2.22. The molecule has 1 unspecified atom stereocenters. The summed E-state index contributed by atoms with van der Waals surface area (Å²) in [5.74, 6) is 0.165. The molecule has 2 nitrogen and oxygen atoms in total. The van der Waals surface area contributed by atoms with Gasteiger partial charge in [-0.15, -0.1) is 0 Å². The molecule has 0 bridgehead atoms. The van der Waals surface area contributed by atoms with E-state index < -0.39 is 0 Å². The monoisotopic (exact) mass is 209 g/mol. The molecule has 82 valence electrons. The quantitative estimate of drug-likeness (QED) is 0.805. The third-order valence-electron chi connectivity index (χ3n) is 2.97. The SMILES string of the molecule is OCC1CCCN(c2ccc(F)cc2)C1. The summed E-state index contributed by atoms with van der Waals surface area (Å²) in [6, 6.07) is 6.57. The zero-order chi connectivity index (χ0) is 10.7. The Labute approximate surface area is 89.3 Å². The molecule has 1 aliphatic rings. The number of aliphatic hydroxyl groups is 1. The first kappa shape index (κ1) is 10.4. The summed E-state index contributed by atoms with van der Waals surface area (Å²) < 4.78 is 12.7. The van der Waals surface area contributed by atoms with E-state index in [9.17, 15) is 4.39 Å². The Hall–Kier alpha value is -1.09. The maximum atomic E-state index is 12.7. The van der Waals surface area contributed by atoms with E-state index in [1.165, 1.54) is 12.1 Å². The van der Waals surface area contributed by atoms with Crippen LogP contribution in [0.4, 0.5) is 10.1 Å². The normalized spacial score (nSPS) is 21.7. The molecular formula is C12H16FNO. The van der Waals surface area contributed by atoms with Gasteiger partial charge < -0.3 is 10.0 Å². The van der Waals surface area contributed by atoms with E-state index in [-0.39, 0.29) is 12.4 Å². The lowest BCUT2D eigenvalue weighted by atomic mass is 9.98. The van der Waals surface area contributed by atoms with E-state index in [0.29, 0.717) is 5.92 Å². The summed E-state index contributed by atoms with van der Waals surface area (Å²) in [5.41, 5.74) is 1.05. The Morgan fingerprint density at radius 1 is 1.33 bits per heavy atom. The first-order valence-corrected chi connectivity index (χ1v) is 5.41. The largest absolute Gasteiger partial charge is 0.396 e. The minimum absolute atomic E-state index is 0.200. The van der Waals surface area contributed by atoms with Crippen LogP contribution in [0.5, 0.6) is 0 Å². The number of hydrogen-bond acceptors (Lipinski definition) is 2. The van der Waals surface area contributed by atoms with Crippen LogP contribution in [0.1, 0.15) is 12.8 Å². The third kappa shape index (κ3) is 2.48. The molecule has 15 heavy (non-hydrogen) atoms. The summed E-state index contributed by atoms with van der Waals surface area (Å²) in [5, 5.41) is 9.11. The van der Waals surface area contributed by atoms with E-state index in [4.69, 9.17) is 5.11 Å². The third-order valence-corrected chi connectivity index (χ3v) is 2.97. The molecule has 0 aliphatic carbocycles. The summed E-state index contributed by atoms with van der Waals surface area (Å²) >= 11 is 0. The van der Waals surface area contributed by atoms with Crippen LogP contribution >= 0.6 is 0 Å². The molecular weight excluding hydrogens is 193 g/mol. The molecule has 1 aliphatic heterocycles. The fourth-order valence-corrected chi connectivity index (χ4v) is 2.10. The molecule has 1 aromatic carbocycles. The van der Waals surface area contributed by atoms with Crippen molar-refractivity contribution < 1.29 is 9.50 Å². The van der Waals surface area contributed by atoms with Gasteiger partial charge in [-0.1, -0.05) is 0 Å². The van der Waals surface area contributed by atoms with Crippen LogP contribution in [-0.4, -0.2) is 24.8 Å². The topological polar surface area (TPSA) is 23.5 Å². The number of piperidine rings is 1. The predicted molar refractivity (Wildman–Crippen MR) is 58.4 cm³/mol. The minimum atomic E-state index is -0.200. The van der Waals surface area contributed by atoms with E-state index in [0.717, 1.165) is 31.6 Å². The molecule has 1 atom stereocenters. The van der Waals surface area contributed by atoms with E-state index in [1.807, 2.05) is 0 Å². The van der Waals surface area contributed by atoms with Crippen LogP contribution < -0.4 is 4.90 Å². The van der Waals surface area contributed by atoms with E-state index in [2.05, 4.69) is 4.90 Å². The van der Waals surface area contributed by atoms with Gasteiger partial charge in [0.1, 0.15) is 5.82 Å². The van der Waals surface area contributed by atoms with Crippen molar-refractivity contribution in [1.82, 2.24) is 0 Å². The second-order valence-corrected chi connectivity index (χ2v) is 4.11. The Balaban J connectivity index is 2.06. The van der Waals surface area contributed by atoms with Gasteiger partial charge in [-0.2, -0.15) is 0 Å². The lowest BCUT2D eigenvalue weighted by Gasteiger charge is -2.33. The Kier molecular flexibility index (Phi) is 3.21. The van der Waals surface area contributed by atoms with Crippen molar-refractivity contribution in [1.29, 1.82) is 0 Å². The summed E-state index contributed by atoms with van der Waals surface area (Å²) in [4.78, 5) is 2.21. The highest BCUT2D eigenvalue weighted by Gasteiger charge is 2.19. The Morgan fingerprint density at radius 3 is 2.73 bits per heavy atom. The average molecular weight is 209 g/mol. The van der Waals surface area contributed by atoms with Gasteiger partial charge in [0.2, 0.25) is 0 Å². The molecule has 1 aromatic rings. The van der Waals surface area contributed by atoms with Gasteiger partial charge in [-0.25, -0.2) is 4.39 Å². The molecule has 0 saturated carbocycles. The minimum Gasteiger partial charge on any atom is -0.396 e. The van der Waals surface area contributed by atoms with Gasteiger partial charge in [0.25, 0.3) is 0 Å². The van der Waals surface area contributed by atoms with Gasteiger partial charge in [0.05, 0.1) is 0 Å². The molecule has 1 N–H and O–H groups in total. The molecule has 0 aromatic heterocycles. The van der Waals surface area contributed by atoms with Crippen LogP contribution in [0.2, 0.25) is 0 Å². The maximum Gasteiger partial charge on any atom is 0.123 e. The fourth-order valence-electron chi connectivity index (χ4n) is 2.10. The first-order valence-electron chi connectivity index (χ1n) is 5.41. The van der Waals surface area contributed by atoms with Crippen LogP contribution in [0.25, 0.3) is 0 Å². The highest BCUT2D eigenvalue weighted by atomic mass is 19.1. The number of anilines is 1. The zero-order valence-corrected chi connectivity index (χ0v) is 8.69. The van der Waals surface area contributed by atoms with Gasteiger partial charge in [-0.05, 0) is 43.0 Å². The first-order chi connectivity index (χ1) is 7.29. The Morgan fingerprint density at radius 2 is 2.07 bits per heavy atom. The maximum absolute atomic E-state index is 12.7. The van der Waals surface area contributed by atoms with Gasteiger partial charge in [0, 0.05) is 25.4 Å². The smallest absolute Gasteiger partial charge is 0.123 e. The summed E-state index contributed by atoms with van der Waals surface area (Å²) in [7, 11) is 0. The number of benzene rings is 1. The van der Waals surface area contributed by atoms with Gasteiger partial charge in [0.15, 0.2) is 0 Å². The molecule has 1 fully saturated rings. The number of aliphatic hydroxyl groups excluding tert-OH is 1. The molecule has 1 heterocycles. The van der Waals surface area contributed by atoms with E-state index >= 15 is 0 Å². The molecule has 2 rings (SSSR count). The summed E-state index contributed by atoms with van der Waals surface area (Å²) in [6.45, 7) is 2.13. The molecule has 0 radical (unpaired) electrons. The fraction of sp³-hybridized carbons (Fsp3) is 0.500. The second kappa shape index (κ2) is 4.62. The molecule has 1 saturated heterocycles. The van der Waals surface area contributed by atoms with Crippen molar-refractivity contribution in [2.75, 3.05) is 24.6 Å². The molecule has 3 heteroatoms. The van der Waals surface area contributed by atoms with Crippen molar-refractivity contribution in [2.45, 2.75) is 12.8 Å². The van der Waals surface area contributed by atoms with Crippen molar-refractivity contribution >= 4 is 5.69 Å². The highest BCUT2D eigenvalue weighted by molar-refractivity contribution is 5.46. The van der Waals surface area contributed by atoms with E-state index in [1.54, 1.807) is 12.1 Å². The number of nitrogens with zero attached hydrogens (tertiary/aromatic N) is 1. The van der Waals surface area contributed by atoms with Crippen molar-refractivity contribution in [3.63, 3.8) is 0 Å². The van der Waals surface area contributed by atoms with Crippen LogP contribution in [0.15, 0.2) is 24.3 Å². The Bertz CT molecular complexity index is 312. The van der Waals surface area contributed by atoms with Gasteiger partial charge >= 0.3 is 0 Å². The number of rotatable bonds is 2. The van der Waals surface area contributed by atoms with Gasteiger partial charge in [-0.3, -0.25) is 0 Å². The standard InChI is InChI=1S/C12H16FNO/c13-11-3-5-12(6-4-11)14-7-1-2-10(8-14)9-15/h3-6,10,15H,1-2,7-9H2. The van der Waals surface area contributed by atoms with Crippen molar-refractivity contribution in [3.05, 3.63) is 30.1 Å². The number of halogens is 1.